The van der Waals surface area contributed by atoms with Gasteiger partial charge in [-0.15, -0.1) is 0 Å². The van der Waals surface area contributed by atoms with Crippen LogP contribution in [0.15, 0.2) is 48.9 Å². The lowest BCUT2D eigenvalue weighted by atomic mass is 9.76. The molecule has 5 rings (SSSR count). The zero-order chi connectivity index (χ0) is 21.2. The second kappa shape index (κ2) is 8.59. The van der Waals surface area contributed by atoms with E-state index >= 15 is 0 Å². The van der Waals surface area contributed by atoms with E-state index in [0.29, 0.717) is 17.4 Å². The Morgan fingerprint density at radius 1 is 1.10 bits per heavy atom. The molecule has 160 valence electrons. The number of aryl methyl sites for hydroxylation is 1. The Hall–Kier alpha value is -3.06. The number of hydrogen-bond donors (Lipinski definition) is 1. The zero-order valence-corrected chi connectivity index (χ0v) is 17.7. The Morgan fingerprint density at radius 3 is 2.58 bits per heavy atom. The van der Waals surface area contributed by atoms with E-state index in [9.17, 15) is 4.79 Å². The van der Waals surface area contributed by atoms with Crippen LogP contribution in [-0.2, 0) is 11.8 Å². The van der Waals surface area contributed by atoms with Gasteiger partial charge in [0.2, 0.25) is 0 Å². The number of amides is 1. The van der Waals surface area contributed by atoms with Gasteiger partial charge in [-0.3, -0.25) is 4.79 Å². The first-order valence-corrected chi connectivity index (χ1v) is 11.0. The SMILES string of the molecule is Cn1cncc1-c1nc(C(=O)N[C@H]2C[C@H](c3ccccc3)C2)cc(C2CCOCC2)n1. The number of ether oxygens (including phenoxy) is 1. The second-order valence-electron chi connectivity index (χ2n) is 8.53. The standard InChI is InChI=1S/C24H27N5O2/c1-29-15-25-14-22(29)23-27-20(17-7-9-31-10-8-17)13-21(28-23)24(30)26-19-11-18(12-19)16-5-3-2-4-6-16/h2-6,13-15,17-19H,7-12H2,1H3,(H,26,30)/t18-,19-. The van der Waals surface area contributed by atoms with E-state index in [-0.39, 0.29) is 17.9 Å². The molecule has 0 atom stereocenters. The van der Waals surface area contributed by atoms with Gasteiger partial charge in [0.15, 0.2) is 5.82 Å². The number of benzene rings is 1. The summed E-state index contributed by atoms with van der Waals surface area (Å²) in [6.45, 7) is 1.44. The third kappa shape index (κ3) is 4.23. The predicted molar refractivity (Wildman–Crippen MR) is 117 cm³/mol. The van der Waals surface area contributed by atoms with E-state index < -0.39 is 0 Å². The zero-order valence-electron chi connectivity index (χ0n) is 17.7. The fourth-order valence-corrected chi connectivity index (χ4v) is 4.46. The van der Waals surface area contributed by atoms with Gasteiger partial charge in [-0.25, -0.2) is 15.0 Å². The molecular weight excluding hydrogens is 390 g/mol. The average molecular weight is 418 g/mol. The predicted octanol–water partition coefficient (Wildman–Crippen LogP) is 3.45. The van der Waals surface area contributed by atoms with Gasteiger partial charge in [-0.2, -0.15) is 0 Å². The molecule has 1 aliphatic heterocycles. The molecule has 0 radical (unpaired) electrons. The van der Waals surface area contributed by atoms with E-state index in [2.05, 4.69) is 39.6 Å². The number of rotatable bonds is 5. The van der Waals surface area contributed by atoms with Crippen LogP contribution >= 0.6 is 0 Å². The summed E-state index contributed by atoms with van der Waals surface area (Å²) >= 11 is 0. The maximum Gasteiger partial charge on any atom is 0.270 e. The van der Waals surface area contributed by atoms with Crippen LogP contribution in [0.2, 0.25) is 0 Å². The van der Waals surface area contributed by atoms with Gasteiger partial charge in [0, 0.05) is 37.9 Å². The van der Waals surface area contributed by atoms with Crippen LogP contribution < -0.4 is 5.32 Å². The molecule has 7 heteroatoms. The van der Waals surface area contributed by atoms with Gasteiger partial charge in [0.25, 0.3) is 5.91 Å². The molecule has 1 aliphatic carbocycles. The van der Waals surface area contributed by atoms with Gasteiger partial charge in [0.05, 0.1) is 12.5 Å². The molecule has 2 aromatic heterocycles. The molecule has 1 amide bonds. The molecule has 0 unspecified atom stereocenters. The summed E-state index contributed by atoms with van der Waals surface area (Å²) in [6, 6.07) is 12.5. The van der Waals surface area contributed by atoms with Crippen LogP contribution in [0.25, 0.3) is 11.5 Å². The maximum absolute atomic E-state index is 13.1. The smallest absolute Gasteiger partial charge is 0.270 e. The molecule has 1 saturated heterocycles. The average Bonchev–Trinajstić information content (AvgIpc) is 3.22. The van der Waals surface area contributed by atoms with Crippen molar-refractivity contribution < 1.29 is 9.53 Å². The second-order valence-corrected chi connectivity index (χ2v) is 8.53. The van der Waals surface area contributed by atoms with E-state index in [1.165, 1.54) is 5.56 Å². The van der Waals surface area contributed by atoms with Crippen molar-refractivity contribution in [3.8, 4) is 11.5 Å². The lowest BCUT2D eigenvalue weighted by Gasteiger charge is -2.36. The van der Waals surface area contributed by atoms with Gasteiger partial charge in [-0.05, 0) is 43.2 Å². The van der Waals surface area contributed by atoms with Crippen molar-refractivity contribution in [1.82, 2.24) is 24.8 Å². The van der Waals surface area contributed by atoms with Gasteiger partial charge < -0.3 is 14.6 Å². The van der Waals surface area contributed by atoms with Crippen molar-refractivity contribution in [2.45, 2.75) is 43.6 Å². The van der Waals surface area contributed by atoms with Gasteiger partial charge in [-0.1, -0.05) is 30.3 Å². The normalized spacial score (nSPS) is 21.5. The molecule has 0 bridgehead atoms. The lowest BCUT2D eigenvalue weighted by Crippen LogP contribution is -2.43. The molecule has 7 nitrogen and oxygen atoms in total. The van der Waals surface area contributed by atoms with Gasteiger partial charge in [0.1, 0.15) is 11.4 Å². The minimum Gasteiger partial charge on any atom is -0.381 e. The number of aromatic nitrogens is 4. The van der Waals surface area contributed by atoms with E-state index in [4.69, 9.17) is 9.72 Å². The number of carbonyl (C=O) groups excluding carboxylic acids is 1. The Balaban J connectivity index is 1.35. The summed E-state index contributed by atoms with van der Waals surface area (Å²) in [5.41, 5.74) is 3.48. The first-order valence-electron chi connectivity index (χ1n) is 11.0. The molecule has 1 aromatic carbocycles. The third-order valence-electron chi connectivity index (χ3n) is 6.41. The molecule has 2 fully saturated rings. The Bertz CT molecular complexity index is 1050. The topological polar surface area (TPSA) is 81.9 Å². The quantitative estimate of drug-likeness (QED) is 0.688. The highest BCUT2D eigenvalue weighted by molar-refractivity contribution is 5.93. The fraction of sp³-hybridized carbons (Fsp3) is 0.417. The summed E-state index contributed by atoms with van der Waals surface area (Å²) < 4.78 is 7.38. The number of nitrogens with zero attached hydrogens (tertiary/aromatic N) is 4. The largest absolute Gasteiger partial charge is 0.381 e. The Morgan fingerprint density at radius 2 is 1.87 bits per heavy atom. The number of nitrogens with one attached hydrogen (secondary N) is 1. The van der Waals surface area contributed by atoms with Crippen LogP contribution in [0, 0.1) is 0 Å². The number of carbonyl (C=O) groups is 1. The highest BCUT2D eigenvalue weighted by Crippen LogP contribution is 2.37. The summed E-state index contributed by atoms with van der Waals surface area (Å²) in [6.07, 6.45) is 7.19. The lowest BCUT2D eigenvalue weighted by molar-refractivity contribution is 0.0843. The number of hydrogen-bond acceptors (Lipinski definition) is 5. The first-order chi connectivity index (χ1) is 15.2. The van der Waals surface area contributed by atoms with Gasteiger partial charge >= 0.3 is 0 Å². The summed E-state index contributed by atoms with van der Waals surface area (Å²) in [7, 11) is 1.91. The Labute approximate surface area is 181 Å². The summed E-state index contributed by atoms with van der Waals surface area (Å²) in [5, 5.41) is 3.17. The van der Waals surface area contributed by atoms with Crippen molar-refractivity contribution in [1.29, 1.82) is 0 Å². The van der Waals surface area contributed by atoms with Crippen molar-refractivity contribution in [3.63, 3.8) is 0 Å². The van der Waals surface area contributed by atoms with Crippen LogP contribution in [0.5, 0.6) is 0 Å². The molecule has 1 N–H and O–H groups in total. The minimum absolute atomic E-state index is 0.129. The molecule has 31 heavy (non-hydrogen) atoms. The molecular formula is C24H27N5O2. The first kappa shape index (κ1) is 19.9. The van der Waals surface area contributed by atoms with E-state index in [0.717, 1.165) is 50.3 Å². The third-order valence-corrected chi connectivity index (χ3v) is 6.41. The minimum atomic E-state index is -0.129. The van der Waals surface area contributed by atoms with Crippen LogP contribution in [0.3, 0.4) is 0 Å². The maximum atomic E-state index is 13.1. The van der Waals surface area contributed by atoms with Crippen molar-refractivity contribution in [2.24, 2.45) is 7.05 Å². The molecule has 0 spiro atoms. The Kier molecular flexibility index (Phi) is 5.51. The van der Waals surface area contributed by atoms with Crippen molar-refractivity contribution >= 4 is 5.91 Å². The molecule has 1 saturated carbocycles. The highest BCUT2D eigenvalue weighted by Gasteiger charge is 2.32. The summed E-state index contributed by atoms with van der Waals surface area (Å²) in [5.74, 6) is 1.21. The highest BCUT2D eigenvalue weighted by atomic mass is 16.5. The molecule has 3 heterocycles. The van der Waals surface area contributed by atoms with Crippen LogP contribution in [0.4, 0.5) is 0 Å². The number of imidazole rings is 1. The monoisotopic (exact) mass is 417 g/mol. The van der Waals surface area contributed by atoms with E-state index in [1.807, 2.05) is 23.7 Å². The van der Waals surface area contributed by atoms with E-state index in [1.54, 1.807) is 12.5 Å². The van der Waals surface area contributed by atoms with Crippen LogP contribution in [-0.4, -0.2) is 44.7 Å². The van der Waals surface area contributed by atoms with Crippen LogP contribution in [0.1, 0.15) is 59.3 Å². The van der Waals surface area contributed by atoms with Crippen molar-refractivity contribution in [3.05, 3.63) is 65.9 Å². The fourth-order valence-electron chi connectivity index (χ4n) is 4.46. The molecule has 3 aromatic rings. The molecule has 2 aliphatic rings. The van der Waals surface area contributed by atoms with Crippen molar-refractivity contribution in [2.75, 3.05) is 13.2 Å². The summed E-state index contributed by atoms with van der Waals surface area (Å²) in [4.78, 5) is 26.7.